The van der Waals surface area contributed by atoms with Gasteiger partial charge in [0.25, 0.3) is 0 Å². The molecule has 19 heavy (non-hydrogen) atoms. The zero-order chi connectivity index (χ0) is 14.3. The highest BCUT2D eigenvalue weighted by Crippen LogP contribution is 2.22. The van der Waals surface area contributed by atoms with E-state index in [4.69, 9.17) is 10.5 Å². The van der Waals surface area contributed by atoms with Gasteiger partial charge >= 0.3 is 5.97 Å². The van der Waals surface area contributed by atoms with E-state index in [2.05, 4.69) is 24.1 Å². The van der Waals surface area contributed by atoms with Crippen molar-refractivity contribution < 1.29 is 9.53 Å². The third-order valence-corrected chi connectivity index (χ3v) is 2.86. The van der Waals surface area contributed by atoms with Crippen LogP contribution in [-0.4, -0.2) is 23.6 Å². The molecule has 0 saturated carbocycles. The van der Waals surface area contributed by atoms with Crippen molar-refractivity contribution in [1.29, 1.82) is 0 Å². The first-order valence-corrected chi connectivity index (χ1v) is 6.78. The average molecular weight is 265 g/mol. The minimum Gasteiger partial charge on any atom is -0.462 e. The van der Waals surface area contributed by atoms with Crippen LogP contribution in [0.3, 0.4) is 0 Å². The number of aromatic nitrogens is 1. The van der Waals surface area contributed by atoms with E-state index in [1.807, 2.05) is 0 Å². The quantitative estimate of drug-likeness (QED) is 0.741. The van der Waals surface area contributed by atoms with E-state index < -0.39 is 5.97 Å². The molecular weight excluding hydrogens is 242 g/mol. The second-order valence-electron chi connectivity index (χ2n) is 4.53. The number of anilines is 2. The standard InChI is InChI=1S/C14H23N3O2/c1-4-6-7-10(3)17-13-12(15)11(8-9-16-13)14(18)19-5-2/h8-10H,4-7,15H2,1-3H3,(H,16,17). The van der Waals surface area contributed by atoms with Crippen LogP contribution in [0.1, 0.15) is 50.4 Å². The van der Waals surface area contributed by atoms with Crippen molar-refractivity contribution in [2.24, 2.45) is 0 Å². The molecule has 0 spiro atoms. The Morgan fingerprint density at radius 3 is 2.89 bits per heavy atom. The van der Waals surface area contributed by atoms with Crippen molar-refractivity contribution in [3.8, 4) is 0 Å². The molecule has 1 rings (SSSR count). The molecule has 0 amide bonds. The number of pyridine rings is 1. The van der Waals surface area contributed by atoms with Crippen LogP contribution < -0.4 is 11.1 Å². The van der Waals surface area contributed by atoms with Crippen LogP contribution in [-0.2, 0) is 4.74 Å². The van der Waals surface area contributed by atoms with Crippen molar-refractivity contribution >= 4 is 17.5 Å². The van der Waals surface area contributed by atoms with Gasteiger partial charge in [0.15, 0.2) is 0 Å². The number of unbranched alkanes of at least 4 members (excludes halogenated alkanes) is 1. The number of nitrogens with zero attached hydrogens (tertiary/aromatic N) is 1. The summed E-state index contributed by atoms with van der Waals surface area (Å²) in [6.07, 6.45) is 4.90. The summed E-state index contributed by atoms with van der Waals surface area (Å²) in [5.74, 6) is 0.140. The molecule has 0 aromatic carbocycles. The average Bonchev–Trinajstić information content (AvgIpc) is 2.39. The Morgan fingerprint density at radius 2 is 2.26 bits per heavy atom. The Labute approximate surface area is 114 Å². The number of hydrogen-bond donors (Lipinski definition) is 2. The van der Waals surface area contributed by atoms with Gasteiger partial charge < -0.3 is 15.8 Å². The van der Waals surface area contributed by atoms with Gasteiger partial charge in [0.1, 0.15) is 5.82 Å². The summed E-state index contributed by atoms with van der Waals surface area (Å²) < 4.78 is 4.96. The normalized spacial score (nSPS) is 11.9. The number of nitrogens with one attached hydrogen (secondary N) is 1. The summed E-state index contributed by atoms with van der Waals surface area (Å²) in [5.41, 5.74) is 6.68. The van der Waals surface area contributed by atoms with E-state index in [0.29, 0.717) is 23.7 Å². The second kappa shape index (κ2) is 7.61. The summed E-state index contributed by atoms with van der Waals surface area (Å²) >= 11 is 0. The van der Waals surface area contributed by atoms with E-state index in [1.165, 1.54) is 0 Å². The number of nitrogens with two attached hydrogens (primary N) is 1. The van der Waals surface area contributed by atoms with E-state index >= 15 is 0 Å². The highest BCUT2D eigenvalue weighted by molar-refractivity contribution is 5.97. The molecule has 0 radical (unpaired) electrons. The molecule has 0 saturated heterocycles. The molecule has 5 nitrogen and oxygen atoms in total. The number of carbonyl (C=O) groups is 1. The minimum absolute atomic E-state index is 0.271. The van der Waals surface area contributed by atoms with Crippen molar-refractivity contribution in [3.05, 3.63) is 17.8 Å². The van der Waals surface area contributed by atoms with Gasteiger partial charge in [-0.15, -0.1) is 0 Å². The molecule has 1 aromatic rings. The third kappa shape index (κ3) is 4.43. The fourth-order valence-corrected chi connectivity index (χ4v) is 1.79. The zero-order valence-corrected chi connectivity index (χ0v) is 11.9. The molecule has 5 heteroatoms. The minimum atomic E-state index is -0.410. The van der Waals surface area contributed by atoms with Crippen molar-refractivity contribution in [1.82, 2.24) is 4.98 Å². The summed E-state index contributed by atoms with van der Waals surface area (Å²) in [4.78, 5) is 15.9. The monoisotopic (exact) mass is 265 g/mol. The van der Waals surface area contributed by atoms with Gasteiger partial charge in [-0.2, -0.15) is 0 Å². The lowest BCUT2D eigenvalue weighted by atomic mass is 10.1. The van der Waals surface area contributed by atoms with Crippen LogP contribution in [0.25, 0.3) is 0 Å². The van der Waals surface area contributed by atoms with Gasteiger partial charge in [-0.25, -0.2) is 9.78 Å². The zero-order valence-electron chi connectivity index (χ0n) is 11.9. The first-order valence-electron chi connectivity index (χ1n) is 6.78. The van der Waals surface area contributed by atoms with Gasteiger partial charge in [-0.3, -0.25) is 0 Å². The Kier molecular flexibility index (Phi) is 6.12. The lowest BCUT2D eigenvalue weighted by Gasteiger charge is -2.16. The van der Waals surface area contributed by atoms with Gasteiger partial charge in [-0.05, 0) is 26.3 Å². The van der Waals surface area contributed by atoms with E-state index in [0.717, 1.165) is 19.3 Å². The molecule has 0 fully saturated rings. The molecule has 1 heterocycles. The van der Waals surface area contributed by atoms with Crippen LogP contribution in [0.2, 0.25) is 0 Å². The van der Waals surface area contributed by atoms with Crippen molar-refractivity contribution in [3.63, 3.8) is 0 Å². The molecule has 1 atom stereocenters. The summed E-state index contributed by atoms with van der Waals surface area (Å²) in [6, 6.07) is 1.85. The molecule has 1 aromatic heterocycles. The summed E-state index contributed by atoms with van der Waals surface area (Å²) in [6.45, 7) is 6.33. The number of nitrogen functional groups attached to an aromatic ring is 1. The summed E-state index contributed by atoms with van der Waals surface area (Å²) in [7, 11) is 0. The Hall–Kier alpha value is -1.78. The number of carbonyl (C=O) groups excluding carboxylic acids is 1. The first-order chi connectivity index (χ1) is 9.10. The highest BCUT2D eigenvalue weighted by Gasteiger charge is 2.15. The molecule has 0 aliphatic heterocycles. The van der Waals surface area contributed by atoms with E-state index in [1.54, 1.807) is 19.2 Å². The second-order valence-corrected chi connectivity index (χ2v) is 4.53. The van der Waals surface area contributed by atoms with Crippen LogP contribution in [0.15, 0.2) is 12.3 Å². The summed E-state index contributed by atoms with van der Waals surface area (Å²) in [5, 5.41) is 3.24. The van der Waals surface area contributed by atoms with Gasteiger partial charge in [0.05, 0.1) is 17.9 Å². The molecule has 0 aliphatic carbocycles. The van der Waals surface area contributed by atoms with E-state index in [9.17, 15) is 4.79 Å². The fraction of sp³-hybridized carbons (Fsp3) is 0.571. The van der Waals surface area contributed by atoms with E-state index in [-0.39, 0.29) is 6.04 Å². The van der Waals surface area contributed by atoms with Gasteiger partial charge in [0, 0.05) is 12.2 Å². The van der Waals surface area contributed by atoms with Crippen LogP contribution in [0.4, 0.5) is 11.5 Å². The number of rotatable bonds is 7. The number of ether oxygens (including phenoxy) is 1. The molecule has 106 valence electrons. The van der Waals surface area contributed by atoms with Crippen LogP contribution in [0, 0.1) is 0 Å². The topological polar surface area (TPSA) is 77.2 Å². The molecule has 1 unspecified atom stereocenters. The Balaban J connectivity index is 2.79. The van der Waals surface area contributed by atoms with Crippen LogP contribution in [0.5, 0.6) is 0 Å². The Bertz CT molecular complexity index is 421. The molecule has 0 aliphatic rings. The van der Waals surface area contributed by atoms with Crippen molar-refractivity contribution in [2.45, 2.75) is 46.1 Å². The predicted molar refractivity (Wildman–Crippen MR) is 77.2 cm³/mol. The predicted octanol–water partition coefficient (Wildman–Crippen LogP) is 2.83. The fourth-order valence-electron chi connectivity index (χ4n) is 1.79. The molecule has 0 bridgehead atoms. The smallest absolute Gasteiger partial charge is 0.340 e. The van der Waals surface area contributed by atoms with Crippen molar-refractivity contribution in [2.75, 3.05) is 17.7 Å². The van der Waals surface area contributed by atoms with Gasteiger partial charge in [-0.1, -0.05) is 19.8 Å². The number of hydrogen-bond acceptors (Lipinski definition) is 5. The number of esters is 1. The lowest BCUT2D eigenvalue weighted by Crippen LogP contribution is -2.18. The molecular formula is C14H23N3O2. The SMILES string of the molecule is CCCCC(C)Nc1nccc(C(=O)OCC)c1N. The highest BCUT2D eigenvalue weighted by atomic mass is 16.5. The maximum atomic E-state index is 11.7. The maximum Gasteiger partial charge on any atom is 0.340 e. The third-order valence-electron chi connectivity index (χ3n) is 2.86. The largest absolute Gasteiger partial charge is 0.462 e. The Morgan fingerprint density at radius 1 is 1.53 bits per heavy atom. The van der Waals surface area contributed by atoms with Gasteiger partial charge in [0.2, 0.25) is 0 Å². The maximum absolute atomic E-state index is 11.7. The van der Waals surface area contributed by atoms with Crippen LogP contribution >= 0.6 is 0 Å². The molecule has 3 N–H and O–H groups in total. The lowest BCUT2D eigenvalue weighted by molar-refractivity contribution is 0.0527. The first kappa shape index (κ1) is 15.3.